The zero-order chi connectivity index (χ0) is 17.5. The molecule has 1 aromatic heterocycles. The van der Waals surface area contributed by atoms with Gasteiger partial charge in [0.15, 0.2) is 0 Å². The molecule has 2 N–H and O–H groups in total. The van der Waals surface area contributed by atoms with E-state index in [9.17, 15) is 9.36 Å². The van der Waals surface area contributed by atoms with Gasteiger partial charge in [-0.05, 0) is 30.3 Å². The molecule has 0 saturated heterocycles. The van der Waals surface area contributed by atoms with Gasteiger partial charge in [-0.1, -0.05) is 36.4 Å². The van der Waals surface area contributed by atoms with Crippen molar-refractivity contribution in [1.29, 1.82) is 0 Å². The van der Waals surface area contributed by atoms with Gasteiger partial charge in [0.05, 0.1) is 0 Å². The summed E-state index contributed by atoms with van der Waals surface area (Å²) in [5.41, 5.74) is 0.357. The predicted molar refractivity (Wildman–Crippen MR) is 94.2 cm³/mol. The number of nitrogens with zero attached hydrogens (tertiary/aromatic N) is 2. The second-order valence-electron chi connectivity index (χ2n) is 4.95. The molecule has 0 fully saturated rings. The summed E-state index contributed by atoms with van der Waals surface area (Å²) in [6.07, 6.45) is 2.97. The molecule has 3 rings (SSSR count). The minimum atomic E-state index is -3.86. The molecule has 0 aliphatic rings. The first kappa shape index (κ1) is 16.7. The summed E-state index contributed by atoms with van der Waals surface area (Å²) in [5.74, 6) is -0.124. The topological polar surface area (TPSA) is 93.2 Å². The maximum atomic E-state index is 13.2. The molecule has 0 aliphatic carbocycles. The van der Waals surface area contributed by atoms with Crippen molar-refractivity contribution < 1.29 is 13.9 Å². The van der Waals surface area contributed by atoms with Crippen LogP contribution < -0.4 is 14.7 Å². The number of rotatable bonds is 6. The van der Waals surface area contributed by atoms with E-state index in [4.69, 9.17) is 4.52 Å². The Morgan fingerprint density at radius 3 is 2.12 bits per heavy atom. The highest BCUT2D eigenvalue weighted by atomic mass is 31.2. The molecule has 1 unspecified atom stereocenters. The average molecular weight is 354 g/mol. The van der Waals surface area contributed by atoms with Crippen molar-refractivity contribution in [2.24, 2.45) is 0 Å². The number of anilines is 1. The first-order chi connectivity index (χ1) is 12.1. The number of hydrogen-bond acceptors (Lipinski definition) is 5. The molecule has 2 aromatic carbocycles. The van der Waals surface area contributed by atoms with Crippen LogP contribution in [0.3, 0.4) is 0 Å². The molecular formula is C17H15N4O3P. The number of amides is 1. The Balaban J connectivity index is 1.85. The van der Waals surface area contributed by atoms with E-state index in [2.05, 4.69) is 20.1 Å². The predicted octanol–water partition coefficient (Wildman–Crippen LogP) is 3.51. The summed E-state index contributed by atoms with van der Waals surface area (Å²) in [5, 5.41) is 4.99. The van der Waals surface area contributed by atoms with Gasteiger partial charge >= 0.3 is 7.67 Å². The monoisotopic (exact) mass is 354 g/mol. The molecule has 1 heterocycles. The number of carbonyl (C=O) groups is 1. The van der Waals surface area contributed by atoms with E-state index in [1.54, 1.807) is 66.7 Å². The summed E-state index contributed by atoms with van der Waals surface area (Å²) in [6, 6.07) is 18.6. The van der Waals surface area contributed by atoms with E-state index in [-0.39, 0.29) is 5.95 Å². The van der Waals surface area contributed by atoms with E-state index >= 15 is 0 Å². The second-order valence-corrected chi connectivity index (χ2v) is 6.68. The Labute approximate surface area is 144 Å². The van der Waals surface area contributed by atoms with Crippen molar-refractivity contribution in [3.8, 4) is 5.75 Å². The fourth-order valence-corrected chi connectivity index (χ4v) is 3.32. The van der Waals surface area contributed by atoms with E-state index in [1.807, 2.05) is 0 Å². The van der Waals surface area contributed by atoms with Gasteiger partial charge in [0, 0.05) is 18.0 Å². The summed E-state index contributed by atoms with van der Waals surface area (Å²) in [4.78, 5) is 20.3. The highest BCUT2D eigenvalue weighted by Gasteiger charge is 2.29. The third-order valence-electron chi connectivity index (χ3n) is 3.07. The van der Waals surface area contributed by atoms with Crippen LogP contribution in [0.5, 0.6) is 5.75 Å². The number of carbonyl (C=O) groups excluding carboxylic acids is 1. The van der Waals surface area contributed by atoms with Crippen molar-refractivity contribution >= 4 is 19.5 Å². The van der Waals surface area contributed by atoms with Crippen molar-refractivity contribution in [3.05, 3.63) is 84.7 Å². The van der Waals surface area contributed by atoms with Crippen LogP contribution in [-0.2, 0) is 4.57 Å². The lowest BCUT2D eigenvalue weighted by Gasteiger charge is -2.20. The van der Waals surface area contributed by atoms with Gasteiger partial charge in [-0.25, -0.2) is 14.5 Å². The van der Waals surface area contributed by atoms with E-state index < -0.39 is 13.6 Å². The number of aromatic nitrogens is 2. The van der Waals surface area contributed by atoms with Crippen LogP contribution in [0.15, 0.2) is 79.1 Å². The number of benzene rings is 2. The fourth-order valence-electron chi connectivity index (χ4n) is 1.98. The Morgan fingerprint density at radius 1 is 0.880 bits per heavy atom. The molecule has 1 amide bonds. The standard InChI is InChI=1S/C17H15N4O3P/c22-16(14-8-3-1-4-9-14)20-25(23,21-17-18-12-7-13-19-17)24-15-10-5-2-6-11-15/h1-13H,(H2,18,19,20,21,22,23). The number of para-hydroxylation sites is 1. The van der Waals surface area contributed by atoms with Crippen molar-refractivity contribution in [3.63, 3.8) is 0 Å². The first-order valence-electron chi connectivity index (χ1n) is 7.42. The first-order valence-corrected chi connectivity index (χ1v) is 9.05. The molecule has 1 atom stereocenters. The molecule has 0 radical (unpaired) electrons. The Hall–Kier alpha value is -3.18. The molecule has 25 heavy (non-hydrogen) atoms. The van der Waals surface area contributed by atoms with Crippen molar-refractivity contribution in [2.75, 3.05) is 5.09 Å². The molecule has 0 saturated carbocycles. The van der Waals surface area contributed by atoms with Crippen molar-refractivity contribution in [2.45, 2.75) is 0 Å². The van der Waals surface area contributed by atoms with E-state index in [1.165, 1.54) is 12.4 Å². The Bertz CT molecular complexity index is 831. The van der Waals surface area contributed by atoms with Crippen LogP contribution >= 0.6 is 7.67 Å². The van der Waals surface area contributed by atoms with E-state index in [0.717, 1.165) is 0 Å². The lowest BCUT2D eigenvalue weighted by atomic mass is 10.2. The highest BCUT2D eigenvalue weighted by molar-refractivity contribution is 7.59. The van der Waals surface area contributed by atoms with Crippen molar-refractivity contribution in [1.82, 2.24) is 15.1 Å². The molecule has 8 heteroatoms. The lowest BCUT2D eigenvalue weighted by molar-refractivity contribution is 0.0978. The van der Waals surface area contributed by atoms with Gasteiger partial charge < -0.3 is 4.52 Å². The van der Waals surface area contributed by atoms with Crippen LogP contribution in [0.4, 0.5) is 5.95 Å². The zero-order valence-electron chi connectivity index (χ0n) is 13.1. The minimum absolute atomic E-state index is 0.0788. The van der Waals surface area contributed by atoms with Crippen LogP contribution in [0.1, 0.15) is 10.4 Å². The smallest absolute Gasteiger partial charge is 0.414 e. The maximum Gasteiger partial charge on any atom is 0.449 e. The fraction of sp³-hybridized carbons (Fsp3) is 0. The summed E-state index contributed by atoms with van der Waals surface area (Å²) < 4.78 is 18.7. The van der Waals surface area contributed by atoms with Gasteiger partial charge in [0.1, 0.15) is 5.75 Å². The van der Waals surface area contributed by atoms with Crippen LogP contribution in [0, 0.1) is 0 Å². The quantitative estimate of drug-likeness (QED) is 0.658. The molecule has 7 nitrogen and oxygen atoms in total. The Kier molecular flexibility index (Phi) is 5.06. The van der Waals surface area contributed by atoms with Gasteiger partial charge in [0.25, 0.3) is 5.91 Å². The largest absolute Gasteiger partial charge is 0.449 e. The van der Waals surface area contributed by atoms with Crippen LogP contribution in [0.2, 0.25) is 0 Å². The SMILES string of the molecule is O=C(NP(=O)(Nc1ncccn1)Oc1ccccc1)c1ccccc1. The van der Waals surface area contributed by atoms with Gasteiger partial charge in [0.2, 0.25) is 5.95 Å². The maximum absolute atomic E-state index is 13.2. The molecule has 3 aromatic rings. The zero-order valence-corrected chi connectivity index (χ0v) is 14.0. The van der Waals surface area contributed by atoms with Gasteiger partial charge in [-0.2, -0.15) is 0 Å². The van der Waals surface area contributed by atoms with Gasteiger partial charge in [-0.15, -0.1) is 0 Å². The molecule has 0 bridgehead atoms. The third-order valence-corrected chi connectivity index (χ3v) is 4.53. The molecule has 0 aliphatic heterocycles. The van der Waals surface area contributed by atoms with Gasteiger partial charge in [-0.3, -0.25) is 15.0 Å². The summed E-state index contributed by atoms with van der Waals surface area (Å²) in [6.45, 7) is 0. The average Bonchev–Trinajstić information content (AvgIpc) is 2.64. The molecule has 126 valence electrons. The number of hydrogen-bond donors (Lipinski definition) is 2. The summed E-state index contributed by atoms with van der Waals surface area (Å²) in [7, 11) is -3.86. The third kappa shape index (κ3) is 4.65. The lowest BCUT2D eigenvalue weighted by Crippen LogP contribution is -2.27. The Morgan fingerprint density at radius 2 is 1.48 bits per heavy atom. The minimum Gasteiger partial charge on any atom is -0.414 e. The number of nitrogens with one attached hydrogen (secondary N) is 2. The normalized spacial score (nSPS) is 12.6. The van der Waals surface area contributed by atoms with E-state index in [0.29, 0.717) is 11.3 Å². The molecule has 0 spiro atoms. The van der Waals surface area contributed by atoms with Crippen LogP contribution in [0.25, 0.3) is 0 Å². The van der Waals surface area contributed by atoms with Crippen LogP contribution in [-0.4, -0.2) is 15.9 Å². The summed E-state index contributed by atoms with van der Waals surface area (Å²) >= 11 is 0. The molecular weight excluding hydrogens is 339 g/mol. The highest BCUT2D eigenvalue weighted by Crippen LogP contribution is 2.42. The second kappa shape index (κ2) is 7.59.